The number of hydrogen-bond donors (Lipinski definition) is 1. The van der Waals surface area contributed by atoms with Gasteiger partial charge in [0.05, 0.1) is 5.41 Å². The first-order valence-electron chi connectivity index (χ1n) is 16.2. The first-order valence-corrected chi connectivity index (χ1v) is 16.2. The van der Waals surface area contributed by atoms with E-state index in [4.69, 9.17) is 0 Å². The molecule has 1 aliphatic heterocycles. The van der Waals surface area contributed by atoms with Gasteiger partial charge in [-0.2, -0.15) is 0 Å². The number of aliphatic carboxylic acids is 1. The van der Waals surface area contributed by atoms with E-state index in [1.165, 1.54) is 21.8 Å². The third-order valence-corrected chi connectivity index (χ3v) is 9.56. The molecule has 1 heterocycles. The van der Waals surface area contributed by atoms with Crippen LogP contribution in [-0.2, 0) is 37.4 Å². The Balaban J connectivity index is 1.56. The maximum atomic E-state index is 15.4. The van der Waals surface area contributed by atoms with Crippen molar-refractivity contribution in [2.75, 3.05) is 0 Å². The van der Waals surface area contributed by atoms with Crippen molar-refractivity contribution in [3.8, 4) is 0 Å². The fourth-order valence-electron chi connectivity index (χ4n) is 7.33. The predicted molar refractivity (Wildman–Crippen MR) is 177 cm³/mol. The number of carboxylic acid groups (broad SMARTS) is 1. The summed E-state index contributed by atoms with van der Waals surface area (Å²) in [7, 11) is 0. The van der Waals surface area contributed by atoms with Crippen LogP contribution in [0.3, 0.4) is 0 Å². The average Bonchev–Trinajstić information content (AvgIpc) is 3.71. The number of carbonyl (C=O) groups excluding carboxylic acids is 3. The summed E-state index contributed by atoms with van der Waals surface area (Å²) in [5, 5.41) is 13.4. The van der Waals surface area contributed by atoms with E-state index >= 15 is 4.79 Å². The summed E-state index contributed by atoms with van der Waals surface area (Å²) in [6, 6.07) is 34.7. The summed E-state index contributed by atoms with van der Waals surface area (Å²) in [6.07, 6.45) is 1.76. The van der Waals surface area contributed by atoms with E-state index < -0.39 is 41.4 Å². The lowest BCUT2D eigenvalue weighted by molar-refractivity contribution is -0.184. The molecule has 1 aliphatic carbocycles. The number of amides is 3. The first-order chi connectivity index (χ1) is 22.8. The van der Waals surface area contributed by atoms with E-state index in [0.717, 1.165) is 24.0 Å². The molecule has 8 nitrogen and oxygen atoms in total. The highest BCUT2D eigenvalue weighted by atomic mass is 16.4. The Labute approximate surface area is 275 Å². The van der Waals surface area contributed by atoms with Crippen LogP contribution in [0, 0.1) is 0 Å². The fourth-order valence-corrected chi connectivity index (χ4v) is 7.33. The van der Waals surface area contributed by atoms with Gasteiger partial charge < -0.3 is 10.0 Å². The van der Waals surface area contributed by atoms with Gasteiger partial charge in [0.25, 0.3) is 11.8 Å². The van der Waals surface area contributed by atoms with Gasteiger partial charge in [-0.05, 0) is 35.1 Å². The van der Waals surface area contributed by atoms with Crippen LogP contribution in [0.15, 0.2) is 121 Å². The molecule has 1 N–H and O–H groups in total. The van der Waals surface area contributed by atoms with Gasteiger partial charge in [0.1, 0.15) is 6.04 Å². The minimum absolute atomic E-state index is 0.0263. The molecule has 3 atom stereocenters. The van der Waals surface area contributed by atoms with E-state index in [0.29, 0.717) is 24.0 Å². The van der Waals surface area contributed by atoms with Crippen molar-refractivity contribution in [2.45, 2.75) is 69.1 Å². The number of hydrogen-bond acceptors (Lipinski definition) is 4. The van der Waals surface area contributed by atoms with E-state index in [9.17, 15) is 19.5 Å². The van der Waals surface area contributed by atoms with Crippen LogP contribution < -0.4 is 0 Å². The fraction of sp³-hybridized carbons (Fsp3) is 0.282. The Bertz CT molecular complexity index is 1710. The van der Waals surface area contributed by atoms with Crippen molar-refractivity contribution in [1.82, 2.24) is 14.9 Å². The summed E-state index contributed by atoms with van der Waals surface area (Å²) >= 11 is 0. The molecule has 240 valence electrons. The summed E-state index contributed by atoms with van der Waals surface area (Å²) in [6.45, 7) is 1.41. The molecule has 47 heavy (non-hydrogen) atoms. The van der Waals surface area contributed by atoms with Gasteiger partial charge in [-0.3, -0.25) is 14.4 Å². The molecule has 2 fully saturated rings. The molecule has 0 spiro atoms. The second-order valence-corrected chi connectivity index (χ2v) is 12.4. The summed E-state index contributed by atoms with van der Waals surface area (Å²) in [4.78, 5) is 58.8. The molecule has 0 aromatic heterocycles. The highest BCUT2D eigenvalue weighted by Crippen LogP contribution is 2.46. The second kappa shape index (κ2) is 13.6. The van der Waals surface area contributed by atoms with Gasteiger partial charge in [-0.1, -0.05) is 134 Å². The Morgan fingerprint density at radius 2 is 1.30 bits per heavy atom. The van der Waals surface area contributed by atoms with E-state index in [-0.39, 0.29) is 18.7 Å². The van der Waals surface area contributed by atoms with Gasteiger partial charge >= 0.3 is 5.97 Å². The van der Waals surface area contributed by atoms with Crippen molar-refractivity contribution in [3.63, 3.8) is 0 Å². The SMILES string of the molecule is CC(=O)N1C(c2ccccc2)N(N(C(=O)C2(c3ccccc3)CCCC2)[C@@H](Cc2ccccc2)C(=O)O)C(=O)[C@H]1Cc1ccccc1. The van der Waals surface area contributed by atoms with Crippen LogP contribution in [0.25, 0.3) is 0 Å². The minimum atomic E-state index is -1.43. The maximum Gasteiger partial charge on any atom is 0.328 e. The zero-order chi connectivity index (χ0) is 33.0. The number of hydrazine groups is 1. The Morgan fingerprint density at radius 1 is 0.787 bits per heavy atom. The van der Waals surface area contributed by atoms with E-state index in [1.807, 2.05) is 121 Å². The molecule has 1 saturated heterocycles. The largest absolute Gasteiger partial charge is 0.480 e. The molecule has 4 aromatic carbocycles. The number of nitrogens with zero attached hydrogens (tertiary/aromatic N) is 3. The number of benzene rings is 4. The first kappa shape index (κ1) is 31.7. The van der Waals surface area contributed by atoms with E-state index in [2.05, 4.69) is 0 Å². The molecule has 0 bridgehead atoms. The van der Waals surface area contributed by atoms with Crippen LogP contribution in [0.4, 0.5) is 0 Å². The van der Waals surface area contributed by atoms with Crippen molar-refractivity contribution in [2.24, 2.45) is 0 Å². The maximum absolute atomic E-state index is 15.4. The van der Waals surface area contributed by atoms with Crippen LogP contribution >= 0.6 is 0 Å². The summed E-state index contributed by atoms with van der Waals surface area (Å²) < 4.78 is 0. The number of rotatable bonds is 10. The molecule has 8 heteroatoms. The predicted octanol–water partition coefficient (Wildman–Crippen LogP) is 5.94. The molecular weight excluding hydrogens is 590 g/mol. The normalized spacial score (nSPS) is 19.4. The smallest absolute Gasteiger partial charge is 0.328 e. The monoisotopic (exact) mass is 629 g/mol. The quantitative estimate of drug-likeness (QED) is 0.234. The van der Waals surface area contributed by atoms with Crippen molar-refractivity contribution in [3.05, 3.63) is 144 Å². The zero-order valence-corrected chi connectivity index (χ0v) is 26.4. The second-order valence-electron chi connectivity index (χ2n) is 12.4. The van der Waals surface area contributed by atoms with E-state index in [1.54, 1.807) is 0 Å². The molecule has 3 amide bonds. The number of carbonyl (C=O) groups is 4. The van der Waals surface area contributed by atoms with Gasteiger partial charge in [-0.25, -0.2) is 14.8 Å². The molecule has 2 aliphatic rings. The average molecular weight is 630 g/mol. The van der Waals surface area contributed by atoms with Gasteiger partial charge in [-0.15, -0.1) is 0 Å². The topological polar surface area (TPSA) is 98.2 Å². The van der Waals surface area contributed by atoms with Crippen molar-refractivity contribution < 1.29 is 24.3 Å². The van der Waals surface area contributed by atoms with Crippen molar-refractivity contribution >= 4 is 23.7 Å². The molecule has 0 radical (unpaired) electrons. The number of carboxylic acids is 1. The zero-order valence-electron chi connectivity index (χ0n) is 26.4. The lowest BCUT2D eigenvalue weighted by Crippen LogP contribution is -2.62. The molecule has 1 saturated carbocycles. The van der Waals surface area contributed by atoms with Gasteiger partial charge in [0, 0.05) is 19.8 Å². The van der Waals surface area contributed by atoms with Crippen molar-refractivity contribution in [1.29, 1.82) is 0 Å². The summed E-state index contributed by atoms with van der Waals surface area (Å²) in [5.41, 5.74) is 1.92. The highest BCUT2D eigenvalue weighted by Gasteiger charge is 2.57. The van der Waals surface area contributed by atoms with Crippen LogP contribution in [0.1, 0.15) is 61.0 Å². The molecular formula is C39H39N3O5. The van der Waals surface area contributed by atoms with Crippen LogP contribution in [0.2, 0.25) is 0 Å². The molecule has 6 rings (SSSR count). The molecule has 1 unspecified atom stereocenters. The Morgan fingerprint density at radius 3 is 1.83 bits per heavy atom. The highest BCUT2D eigenvalue weighted by molar-refractivity contribution is 5.97. The lowest BCUT2D eigenvalue weighted by Gasteiger charge is -2.44. The Hall–Kier alpha value is -5.24. The third kappa shape index (κ3) is 6.15. The van der Waals surface area contributed by atoms with Gasteiger partial charge in [0.15, 0.2) is 12.2 Å². The molecule has 4 aromatic rings. The van der Waals surface area contributed by atoms with Crippen LogP contribution in [-0.4, -0.2) is 55.8 Å². The lowest BCUT2D eigenvalue weighted by atomic mass is 9.77. The van der Waals surface area contributed by atoms with Crippen LogP contribution in [0.5, 0.6) is 0 Å². The third-order valence-electron chi connectivity index (χ3n) is 9.56. The van der Waals surface area contributed by atoms with Gasteiger partial charge in [0.2, 0.25) is 5.91 Å². The summed E-state index contributed by atoms with van der Waals surface area (Å²) in [5.74, 6) is -2.52. The standard InChI is InChI=1S/C39H39N3O5/c1-28(43)40-33(26-29-16-6-2-7-17-29)36(44)42(35(40)31-20-10-4-11-21-31)41(34(37(45)46)27-30-18-8-3-9-19-30)38(47)39(24-14-15-25-39)32-22-12-5-13-23-32/h2-13,16-23,33-35H,14-15,24-27H2,1H3,(H,45,46)/t33-,34+,35?/m1/s1. The minimum Gasteiger partial charge on any atom is -0.480 e. The Kier molecular flexibility index (Phi) is 9.20.